The number of nitrogens with one attached hydrogen (secondary N) is 3. The van der Waals surface area contributed by atoms with Gasteiger partial charge in [0.2, 0.25) is 15.9 Å². The molecular formula is C18H18F3N3O4S2. The largest absolute Gasteiger partial charge is 0.416 e. The molecule has 0 saturated carbocycles. The van der Waals surface area contributed by atoms with Gasteiger partial charge in [0.1, 0.15) is 0 Å². The third-order valence-corrected chi connectivity index (χ3v) is 7.10. The molecular weight excluding hydrogens is 443 g/mol. The molecule has 1 aromatic heterocycles. The maximum atomic E-state index is 12.7. The monoisotopic (exact) mass is 461 g/mol. The van der Waals surface area contributed by atoms with Crippen molar-refractivity contribution in [2.75, 3.05) is 6.54 Å². The Morgan fingerprint density at radius 3 is 2.57 bits per heavy atom. The average Bonchev–Trinajstić information content (AvgIpc) is 3.27. The Hall–Kier alpha value is -2.44. The van der Waals surface area contributed by atoms with E-state index in [-0.39, 0.29) is 13.0 Å². The standard InChI is InChI=1S/C18H18F3N3O4S2/c19-18(20,21)12-4-2-5-13(10-12)30(27,28)22-8-7-16(25)23-24-17(26)15-9-11-3-1-6-14(11)29-15/h2,4-5,9-10,22H,1,3,6-8H2,(H,23,25)(H,24,26). The van der Waals surface area contributed by atoms with Crippen LogP contribution in [0.25, 0.3) is 0 Å². The van der Waals surface area contributed by atoms with E-state index in [9.17, 15) is 31.2 Å². The van der Waals surface area contributed by atoms with Gasteiger partial charge in [-0.2, -0.15) is 13.2 Å². The van der Waals surface area contributed by atoms with Gasteiger partial charge in [0.25, 0.3) is 5.91 Å². The minimum absolute atomic E-state index is 0.320. The van der Waals surface area contributed by atoms with Crippen molar-refractivity contribution < 1.29 is 31.2 Å². The molecule has 1 aliphatic carbocycles. The maximum Gasteiger partial charge on any atom is 0.416 e. The van der Waals surface area contributed by atoms with Crippen LogP contribution in [0.2, 0.25) is 0 Å². The SMILES string of the molecule is O=C(CCNS(=O)(=O)c1cccc(C(F)(F)F)c1)NNC(=O)c1cc2c(s1)CCC2. The van der Waals surface area contributed by atoms with Crippen LogP contribution in [-0.4, -0.2) is 26.8 Å². The number of aryl methyl sites for hydroxylation is 2. The highest BCUT2D eigenvalue weighted by Gasteiger charge is 2.31. The van der Waals surface area contributed by atoms with E-state index in [0.717, 1.165) is 47.9 Å². The lowest BCUT2D eigenvalue weighted by Crippen LogP contribution is -2.42. The van der Waals surface area contributed by atoms with Crippen LogP contribution in [0, 0.1) is 0 Å². The first-order valence-electron chi connectivity index (χ1n) is 8.94. The van der Waals surface area contributed by atoms with Crippen molar-refractivity contribution in [1.82, 2.24) is 15.6 Å². The number of sulfonamides is 1. The van der Waals surface area contributed by atoms with Crippen LogP contribution < -0.4 is 15.6 Å². The molecule has 2 aromatic rings. The molecule has 12 heteroatoms. The quantitative estimate of drug-likeness (QED) is 0.575. The highest BCUT2D eigenvalue weighted by atomic mass is 32.2. The number of hydrazine groups is 1. The zero-order valence-electron chi connectivity index (χ0n) is 15.5. The van der Waals surface area contributed by atoms with Crippen molar-refractivity contribution in [2.24, 2.45) is 0 Å². The predicted molar refractivity (Wildman–Crippen MR) is 103 cm³/mol. The lowest BCUT2D eigenvalue weighted by atomic mass is 10.2. The molecule has 2 amide bonds. The second kappa shape index (κ2) is 8.74. The minimum Gasteiger partial charge on any atom is -0.273 e. The van der Waals surface area contributed by atoms with Gasteiger partial charge in [0.15, 0.2) is 0 Å². The molecule has 0 radical (unpaired) electrons. The summed E-state index contributed by atoms with van der Waals surface area (Å²) in [6.45, 7) is -0.354. The number of carbonyl (C=O) groups is 2. The third-order valence-electron chi connectivity index (χ3n) is 4.40. The fourth-order valence-electron chi connectivity index (χ4n) is 2.91. The van der Waals surface area contributed by atoms with Gasteiger partial charge in [0.05, 0.1) is 15.3 Å². The Balaban J connectivity index is 1.47. The molecule has 7 nitrogen and oxygen atoms in total. The van der Waals surface area contributed by atoms with Gasteiger partial charge in [-0.3, -0.25) is 20.4 Å². The zero-order chi connectivity index (χ0) is 21.9. The summed E-state index contributed by atoms with van der Waals surface area (Å²) in [6.07, 6.45) is -2.06. The van der Waals surface area contributed by atoms with E-state index >= 15 is 0 Å². The zero-order valence-corrected chi connectivity index (χ0v) is 17.1. The maximum absolute atomic E-state index is 12.7. The van der Waals surface area contributed by atoms with E-state index in [4.69, 9.17) is 0 Å². The van der Waals surface area contributed by atoms with Crippen molar-refractivity contribution >= 4 is 33.2 Å². The molecule has 0 aliphatic heterocycles. The molecule has 30 heavy (non-hydrogen) atoms. The van der Waals surface area contributed by atoms with E-state index in [2.05, 4.69) is 15.6 Å². The second-order valence-electron chi connectivity index (χ2n) is 6.59. The van der Waals surface area contributed by atoms with Gasteiger partial charge >= 0.3 is 6.18 Å². The molecule has 3 N–H and O–H groups in total. The number of halogens is 3. The van der Waals surface area contributed by atoms with Crippen molar-refractivity contribution in [3.8, 4) is 0 Å². The van der Waals surface area contributed by atoms with Crippen LogP contribution >= 0.6 is 11.3 Å². The molecule has 0 spiro atoms. The fourth-order valence-corrected chi connectivity index (χ4v) is 5.14. The molecule has 0 bridgehead atoms. The van der Waals surface area contributed by atoms with Gasteiger partial charge < -0.3 is 0 Å². The van der Waals surface area contributed by atoms with Crippen molar-refractivity contribution in [2.45, 2.75) is 36.8 Å². The minimum atomic E-state index is -4.67. The highest BCUT2D eigenvalue weighted by molar-refractivity contribution is 7.89. The Labute approximate surface area is 174 Å². The van der Waals surface area contributed by atoms with Crippen LogP contribution in [0.3, 0.4) is 0 Å². The number of benzene rings is 1. The molecule has 0 atom stereocenters. The number of rotatable bonds is 6. The second-order valence-corrected chi connectivity index (χ2v) is 9.49. The Morgan fingerprint density at radius 2 is 1.87 bits per heavy atom. The lowest BCUT2D eigenvalue weighted by molar-refractivity contribution is -0.137. The van der Waals surface area contributed by atoms with Crippen LogP contribution in [0.1, 0.15) is 38.5 Å². The van der Waals surface area contributed by atoms with Crippen molar-refractivity contribution in [3.05, 3.63) is 51.2 Å². The number of fused-ring (bicyclic) bond motifs is 1. The highest BCUT2D eigenvalue weighted by Crippen LogP contribution is 2.31. The molecule has 0 fully saturated rings. The van der Waals surface area contributed by atoms with Gasteiger partial charge in [-0.1, -0.05) is 6.07 Å². The molecule has 1 aliphatic rings. The Bertz CT molecular complexity index is 1040. The van der Waals surface area contributed by atoms with Crippen LogP contribution in [0.15, 0.2) is 35.2 Å². The number of amides is 2. The first-order chi connectivity index (χ1) is 14.1. The number of thiophene rings is 1. The van der Waals surface area contributed by atoms with Gasteiger partial charge in [-0.25, -0.2) is 13.1 Å². The summed E-state index contributed by atoms with van der Waals surface area (Å²) >= 11 is 1.37. The summed E-state index contributed by atoms with van der Waals surface area (Å²) in [5, 5.41) is 0. The van der Waals surface area contributed by atoms with E-state index in [1.54, 1.807) is 6.07 Å². The summed E-state index contributed by atoms with van der Waals surface area (Å²) < 4.78 is 64.5. The molecule has 1 aromatic carbocycles. The third kappa shape index (κ3) is 5.37. The summed E-state index contributed by atoms with van der Waals surface area (Å²) in [7, 11) is -4.23. The molecule has 0 saturated heterocycles. The predicted octanol–water partition coefficient (Wildman–Crippen LogP) is 2.39. The van der Waals surface area contributed by atoms with Crippen LogP contribution in [-0.2, 0) is 33.8 Å². The van der Waals surface area contributed by atoms with Gasteiger partial charge in [0, 0.05) is 17.8 Å². The topological polar surface area (TPSA) is 104 Å². The first kappa shape index (κ1) is 22.2. The van der Waals surface area contributed by atoms with E-state index in [0.29, 0.717) is 10.9 Å². The smallest absolute Gasteiger partial charge is 0.273 e. The summed E-state index contributed by atoms with van der Waals surface area (Å²) in [5.41, 5.74) is 4.49. The van der Waals surface area contributed by atoms with E-state index in [1.165, 1.54) is 11.3 Å². The molecule has 3 rings (SSSR count). The summed E-state index contributed by atoms with van der Waals surface area (Å²) in [6, 6.07) is 5.08. The first-order valence-corrected chi connectivity index (χ1v) is 11.2. The summed E-state index contributed by atoms with van der Waals surface area (Å²) in [5.74, 6) is -1.12. The molecule has 0 unspecified atom stereocenters. The molecule has 162 valence electrons. The summed E-state index contributed by atoms with van der Waals surface area (Å²) in [4.78, 5) is 25.0. The lowest BCUT2D eigenvalue weighted by Gasteiger charge is -2.10. The average molecular weight is 461 g/mol. The van der Waals surface area contributed by atoms with Crippen molar-refractivity contribution in [1.29, 1.82) is 0 Å². The number of alkyl halides is 3. The Kier molecular flexibility index (Phi) is 6.48. The van der Waals surface area contributed by atoms with E-state index < -0.39 is 38.5 Å². The van der Waals surface area contributed by atoms with Crippen LogP contribution in [0.4, 0.5) is 13.2 Å². The van der Waals surface area contributed by atoms with Gasteiger partial charge in [-0.15, -0.1) is 11.3 Å². The Morgan fingerprint density at radius 1 is 1.10 bits per heavy atom. The van der Waals surface area contributed by atoms with Crippen LogP contribution in [0.5, 0.6) is 0 Å². The number of hydrogen-bond acceptors (Lipinski definition) is 5. The van der Waals surface area contributed by atoms with Crippen molar-refractivity contribution in [3.63, 3.8) is 0 Å². The van der Waals surface area contributed by atoms with E-state index in [1.807, 2.05) is 0 Å². The number of hydrogen-bond donors (Lipinski definition) is 3. The normalized spacial score (nSPS) is 13.7. The molecule has 1 heterocycles. The fraction of sp³-hybridized carbons (Fsp3) is 0.333. The number of carbonyl (C=O) groups excluding carboxylic acids is 2. The van der Waals surface area contributed by atoms with Gasteiger partial charge in [-0.05, 0) is 49.1 Å².